The maximum atomic E-state index is 10.4. The highest BCUT2D eigenvalue weighted by atomic mass is 16.6. The molecular formula is C26H53NO7. The number of aliphatic hydroxyl groups is 2. The highest BCUT2D eigenvalue weighted by Gasteiger charge is 2.16. The molecule has 204 valence electrons. The number of ether oxygens (including phenoxy) is 5. The summed E-state index contributed by atoms with van der Waals surface area (Å²) in [7, 11) is 0. The van der Waals surface area contributed by atoms with Crippen molar-refractivity contribution < 1.29 is 33.9 Å². The topological polar surface area (TPSA) is 89.9 Å². The lowest BCUT2D eigenvalue weighted by atomic mass is 10.1. The summed E-state index contributed by atoms with van der Waals surface area (Å²) in [5.41, 5.74) is 0. The van der Waals surface area contributed by atoms with Crippen molar-refractivity contribution in [2.75, 3.05) is 85.7 Å². The Morgan fingerprint density at radius 2 is 0.882 bits per heavy atom. The average molecular weight is 492 g/mol. The second-order valence-electron chi connectivity index (χ2n) is 9.24. The van der Waals surface area contributed by atoms with Crippen LogP contribution in [-0.4, -0.2) is 113 Å². The Morgan fingerprint density at radius 3 is 1.29 bits per heavy atom. The van der Waals surface area contributed by atoms with E-state index in [1.54, 1.807) is 0 Å². The summed E-state index contributed by atoms with van der Waals surface area (Å²) in [6, 6.07) is 0. The van der Waals surface area contributed by atoms with Crippen LogP contribution in [-0.2, 0) is 23.7 Å². The zero-order chi connectivity index (χ0) is 24.5. The summed E-state index contributed by atoms with van der Waals surface area (Å²) in [5.74, 6) is 0. The molecule has 1 rings (SSSR count). The van der Waals surface area contributed by atoms with E-state index in [2.05, 4.69) is 11.8 Å². The highest BCUT2D eigenvalue weighted by molar-refractivity contribution is 4.69. The Bertz CT molecular complexity index is 393. The molecule has 0 radical (unpaired) electrons. The van der Waals surface area contributed by atoms with E-state index in [1.165, 1.54) is 57.8 Å². The number of hydrogen-bond donors (Lipinski definition) is 2. The summed E-state index contributed by atoms with van der Waals surface area (Å²) in [6.07, 6.45) is 11.7. The van der Waals surface area contributed by atoms with Gasteiger partial charge in [0.25, 0.3) is 0 Å². The van der Waals surface area contributed by atoms with Gasteiger partial charge in [-0.25, -0.2) is 0 Å². The molecule has 2 unspecified atom stereocenters. The molecule has 1 heterocycles. The Morgan fingerprint density at radius 1 is 0.529 bits per heavy atom. The molecule has 1 aliphatic rings. The zero-order valence-electron chi connectivity index (χ0n) is 21.8. The van der Waals surface area contributed by atoms with Crippen molar-refractivity contribution >= 4 is 0 Å². The van der Waals surface area contributed by atoms with E-state index >= 15 is 0 Å². The fraction of sp³-hybridized carbons (Fsp3) is 1.00. The first kappa shape index (κ1) is 31.7. The third-order valence-electron chi connectivity index (χ3n) is 5.87. The maximum Gasteiger partial charge on any atom is 0.0900 e. The smallest absolute Gasteiger partial charge is 0.0900 e. The molecule has 0 aromatic rings. The Hall–Kier alpha value is -0.320. The fourth-order valence-electron chi connectivity index (χ4n) is 4.00. The van der Waals surface area contributed by atoms with Crippen LogP contribution in [0.2, 0.25) is 0 Å². The predicted octanol–water partition coefficient (Wildman–Crippen LogP) is 3.03. The van der Waals surface area contributed by atoms with E-state index < -0.39 is 12.2 Å². The van der Waals surface area contributed by atoms with Gasteiger partial charge in [-0.3, -0.25) is 4.90 Å². The number of nitrogens with zero attached hydrogens (tertiary/aromatic N) is 1. The standard InChI is InChI=1S/C26H53NO7/c1-2-3-4-5-6-7-8-9-10-11-12-27-21-25(28)23-33-19-17-31-15-13-30-14-16-32-18-20-34-24-26(29)22-27/h25-26,28-29H,2-24H2,1H3. The molecule has 0 aromatic heterocycles. The molecule has 1 saturated heterocycles. The minimum Gasteiger partial charge on any atom is -0.389 e. The SMILES string of the molecule is CCCCCCCCCCCCN1CC(O)COCCOCCOCCOCCOCC(O)C1. The lowest BCUT2D eigenvalue weighted by molar-refractivity contribution is -0.0417. The number of unbranched alkanes of at least 4 members (excludes halogenated alkanes) is 9. The summed E-state index contributed by atoms with van der Waals surface area (Å²) in [4.78, 5) is 2.13. The number of rotatable bonds is 11. The van der Waals surface area contributed by atoms with Crippen molar-refractivity contribution in [3.63, 3.8) is 0 Å². The quantitative estimate of drug-likeness (QED) is 0.426. The van der Waals surface area contributed by atoms with Gasteiger partial charge in [0.2, 0.25) is 0 Å². The van der Waals surface area contributed by atoms with Crippen molar-refractivity contribution in [2.24, 2.45) is 0 Å². The van der Waals surface area contributed by atoms with Crippen molar-refractivity contribution in [2.45, 2.75) is 83.3 Å². The van der Waals surface area contributed by atoms with Crippen LogP contribution in [0.3, 0.4) is 0 Å². The van der Waals surface area contributed by atoms with Crippen LogP contribution in [0.4, 0.5) is 0 Å². The largest absolute Gasteiger partial charge is 0.389 e. The summed E-state index contributed by atoms with van der Waals surface area (Å²) < 4.78 is 27.5. The predicted molar refractivity (Wildman–Crippen MR) is 134 cm³/mol. The average Bonchev–Trinajstić information content (AvgIpc) is 2.82. The van der Waals surface area contributed by atoms with E-state index in [0.29, 0.717) is 65.9 Å². The van der Waals surface area contributed by atoms with Crippen molar-refractivity contribution in [3.05, 3.63) is 0 Å². The van der Waals surface area contributed by atoms with Crippen LogP contribution >= 0.6 is 0 Å². The fourth-order valence-corrected chi connectivity index (χ4v) is 4.00. The molecule has 0 saturated carbocycles. The van der Waals surface area contributed by atoms with Gasteiger partial charge in [-0.05, 0) is 13.0 Å². The molecule has 0 bridgehead atoms. The Kier molecular flexibility index (Phi) is 22.7. The van der Waals surface area contributed by atoms with Crippen LogP contribution in [0, 0.1) is 0 Å². The van der Waals surface area contributed by atoms with Gasteiger partial charge in [-0.15, -0.1) is 0 Å². The molecule has 0 amide bonds. The third kappa shape index (κ3) is 21.0. The van der Waals surface area contributed by atoms with Gasteiger partial charge in [-0.1, -0.05) is 64.7 Å². The molecule has 8 heteroatoms. The van der Waals surface area contributed by atoms with Crippen LogP contribution in [0.5, 0.6) is 0 Å². The summed E-state index contributed by atoms with van der Waals surface area (Å²) >= 11 is 0. The number of aliphatic hydroxyl groups excluding tert-OH is 2. The minimum absolute atomic E-state index is 0.262. The minimum atomic E-state index is -0.599. The molecule has 8 nitrogen and oxygen atoms in total. The normalized spacial score (nSPS) is 24.1. The number of hydrogen-bond acceptors (Lipinski definition) is 8. The third-order valence-corrected chi connectivity index (χ3v) is 5.87. The monoisotopic (exact) mass is 491 g/mol. The summed E-state index contributed by atoms with van der Waals surface area (Å²) in [5, 5.41) is 20.9. The van der Waals surface area contributed by atoms with E-state index in [1.807, 2.05) is 0 Å². The van der Waals surface area contributed by atoms with Gasteiger partial charge in [-0.2, -0.15) is 0 Å². The van der Waals surface area contributed by atoms with E-state index in [-0.39, 0.29) is 13.2 Å². The molecule has 2 N–H and O–H groups in total. The zero-order valence-corrected chi connectivity index (χ0v) is 21.8. The van der Waals surface area contributed by atoms with E-state index in [9.17, 15) is 10.2 Å². The lowest BCUT2D eigenvalue weighted by Crippen LogP contribution is -2.41. The number of β-amino-alcohol motifs (C(OH)–C–C–N with tert-alkyl or cyclic N) is 2. The summed E-state index contributed by atoms with van der Waals surface area (Å²) in [6.45, 7) is 8.49. The van der Waals surface area contributed by atoms with Crippen LogP contribution in [0.25, 0.3) is 0 Å². The molecule has 1 aliphatic heterocycles. The first-order valence-corrected chi connectivity index (χ1v) is 13.7. The van der Waals surface area contributed by atoms with Gasteiger partial charge in [0.15, 0.2) is 0 Å². The van der Waals surface area contributed by atoms with Gasteiger partial charge < -0.3 is 33.9 Å². The van der Waals surface area contributed by atoms with Gasteiger partial charge in [0.1, 0.15) is 0 Å². The maximum absolute atomic E-state index is 10.4. The van der Waals surface area contributed by atoms with E-state index in [0.717, 1.165) is 13.0 Å². The highest BCUT2D eigenvalue weighted by Crippen LogP contribution is 2.11. The molecule has 2 atom stereocenters. The second-order valence-corrected chi connectivity index (χ2v) is 9.24. The van der Waals surface area contributed by atoms with Gasteiger partial charge in [0, 0.05) is 13.1 Å². The molecule has 0 spiro atoms. The second kappa shape index (κ2) is 24.4. The van der Waals surface area contributed by atoms with Crippen molar-refractivity contribution in [1.82, 2.24) is 4.90 Å². The molecule has 0 aliphatic carbocycles. The molecule has 34 heavy (non-hydrogen) atoms. The first-order chi connectivity index (χ1) is 16.7. The van der Waals surface area contributed by atoms with Crippen LogP contribution in [0.1, 0.15) is 71.1 Å². The Labute approximate surface area is 208 Å². The molecule has 1 fully saturated rings. The Balaban J connectivity index is 2.31. The lowest BCUT2D eigenvalue weighted by Gasteiger charge is -2.27. The van der Waals surface area contributed by atoms with Crippen molar-refractivity contribution in [3.8, 4) is 0 Å². The van der Waals surface area contributed by atoms with Crippen LogP contribution < -0.4 is 0 Å². The molecule has 0 aromatic carbocycles. The molecular weight excluding hydrogens is 438 g/mol. The van der Waals surface area contributed by atoms with E-state index in [4.69, 9.17) is 23.7 Å². The van der Waals surface area contributed by atoms with Gasteiger partial charge in [0.05, 0.1) is 78.3 Å². The first-order valence-electron chi connectivity index (χ1n) is 13.7. The van der Waals surface area contributed by atoms with Crippen LogP contribution in [0.15, 0.2) is 0 Å². The van der Waals surface area contributed by atoms with Gasteiger partial charge >= 0.3 is 0 Å². The van der Waals surface area contributed by atoms with Crippen molar-refractivity contribution in [1.29, 1.82) is 0 Å².